The van der Waals surface area contributed by atoms with Crippen LogP contribution in [0, 0.1) is 5.82 Å². The van der Waals surface area contributed by atoms with E-state index in [1.54, 1.807) is 12.1 Å². The molecule has 0 aliphatic heterocycles. The number of carbonyl (C=O) groups is 1. The van der Waals surface area contributed by atoms with Gasteiger partial charge in [-0.2, -0.15) is 0 Å². The molecule has 0 spiro atoms. The molecule has 2 rings (SSSR count). The lowest BCUT2D eigenvalue weighted by molar-refractivity contribution is 0.0939. The largest absolute Gasteiger partial charge is 0.350 e. The maximum Gasteiger partial charge on any atom is 0.251 e. The minimum atomic E-state index is -3.66. The van der Waals surface area contributed by atoms with Gasteiger partial charge in [0.1, 0.15) is 5.82 Å². The van der Waals surface area contributed by atoms with Crippen LogP contribution in [-0.4, -0.2) is 26.9 Å². The summed E-state index contributed by atoms with van der Waals surface area (Å²) in [4.78, 5) is 12.1. The third-order valence-electron chi connectivity index (χ3n) is 4.04. The van der Waals surface area contributed by atoms with Crippen molar-refractivity contribution in [2.75, 3.05) is 6.54 Å². The third-order valence-corrected chi connectivity index (χ3v) is 5.51. The van der Waals surface area contributed by atoms with Crippen molar-refractivity contribution in [3.8, 4) is 0 Å². The van der Waals surface area contributed by atoms with Crippen LogP contribution in [0.3, 0.4) is 0 Å². The van der Waals surface area contributed by atoms with Crippen molar-refractivity contribution in [1.29, 1.82) is 0 Å². The molecule has 0 aliphatic carbocycles. The summed E-state index contributed by atoms with van der Waals surface area (Å²) in [6.07, 6.45) is 1.27. The molecule has 2 N–H and O–H groups in total. The lowest BCUT2D eigenvalue weighted by Crippen LogP contribution is -2.32. The highest BCUT2D eigenvalue weighted by Crippen LogP contribution is 2.11. The van der Waals surface area contributed by atoms with Crippen LogP contribution in [0.2, 0.25) is 0 Å². The number of carbonyl (C=O) groups excluding carboxylic acids is 1. The molecule has 26 heavy (non-hydrogen) atoms. The van der Waals surface area contributed by atoms with Gasteiger partial charge in [0.25, 0.3) is 5.91 Å². The second-order valence-electron chi connectivity index (χ2n) is 6.08. The summed E-state index contributed by atoms with van der Waals surface area (Å²) < 4.78 is 40.0. The highest BCUT2D eigenvalue weighted by molar-refractivity contribution is 7.89. The number of rotatable bonds is 8. The molecular formula is C19H23FN2O3S. The Hall–Kier alpha value is -2.25. The molecule has 2 aromatic carbocycles. The molecule has 0 saturated heterocycles. The van der Waals surface area contributed by atoms with E-state index in [1.165, 1.54) is 36.4 Å². The van der Waals surface area contributed by atoms with Gasteiger partial charge in [-0.05, 0) is 61.7 Å². The van der Waals surface area contributed by atoms with E-state index in [2.05, 4.69) is 10.0 Å². The van der Waals surface area contributed by atoms with Crippen LogP contribution in [0.1, 0.15) is 36.2 Å². The summed E-state index contributed by atoms with van der Waals surface area (Å²) in [6, 6.07) is 11.8. The third kappa shape index (κ3) is 5.64. The SMILES string of the molecule is CCC(C)NC(=O)c1ccc(S(=O)(=O)NCCc2ccc(F)cc2)cc1. The first kappa shape index (κ1) is 20.1. The number of sulfonamides is 1. The second-order valence-corrected chi connectivity index (χ2v) is 7.85. The number of halogens is 1. The zero-order valence-electron chi connectivity index (χ0n) is 14.8. The van der Waals surface area contributed by atoms with Gasteiger partial charge in [-0.15, -0.1) is 0 Å². The Bertz CT molecular complexity index is 834. The molecule has 0 fully saturated rings. The van der Waals surface area contributed by atoms with Gasteiger partial charge >= 0.3 is 0 Å². The first-order valence-corrected chi connectivity index (χ1v) is 9.95. The summed E-state index contributed by atoms with van der Waals surface area (Å²) in [6.45, 7) is 4.07. The van der Waals surface area contributed by atoms with Crippen LogP contribution < -0.4 is 10.0 Å². The van der Waals surface area contributed by atoms with Crippen molar-refractivity contribution in [1.82, 2.24) is 10.0 Å². The summed E-state index contributed by atoms with van der Waals surface area (Å²) in [5.74, 6) is -0.556. The molecule has 0 heterocycles. The quantitative estimate of drug-likeness (QED) is 0.742. The number of nitrogens with one attached hydrogen (secondary N) is 2. The molecule has 0 bridgehead atoms. The molecule has 0 radical (unpaired) electrons. The Balaban J connectivity index is 1.95. The van der Waals surface area contributed by atoms with Crippen molar-refractivity contribution < 1.29 is 17.6 Å². The lowest BCUT2D eigenvalue weighted by Gasteiger charge is -2.12. The van der Waals surface area contributed by atoms with Gasteiger partial charge in [-0.3, -0.25) is 4.79 Å². The van der Waals surface area contributed by atoms with Gasteiger partial charge in [0.15, 0.2) is 0 Å². The molecule has 140 valence electrons. The van der Waals surface area contributed by atoms with E-state index in [1.807, 2.05) is 13.8 Å². The van der Waals surface area contributed by atoms with Crippen molar-refractivity contribution in [3.63, 3.8) is 0 Å². The van der Waals surface area contributed by atoms with Crippen LogP contribution in [0.4, 0.5) is 4.39 Å². The van der Waals surface area contributed by atoms with E-state index in [9.17, 15) is 17.6 Å². The zero-order valence-corrected chi connectivity index (χ0v) is 15.6. The molecule has 5 nitrogen and oxygen atoms in total. The standard InChI is InChI=1S/C19H23FN2O3S/c1-3-14(2)22-19(23)16-6-10-18(11-7-16)26(24,25)21-13-12-15-4-8-17(20)9-5-15/h4-11,14,21H,3,12-13H2,1-2H3,(H,22,23). The Morgan fingerprint density at radius 2 is 1.69 bits per heavy atom. The molecule has 1 amide bonds. The first-order chi connectivity index (χ1) is 12.3. The van der Waals surface area contributed by atoms with Crippen LogP contribution in [-0.2, 0) is 16.4 Å². The number of hydrogen-bond donors (Lipinski definition) is 2. The van der Waals surface area contributed by atoms with E-state index >= 15 is 0 Å². The lowest BCUT2D eigenvalue weighted by atomic mass is 10.1. The zero-order chi connectivity index (χ0) is 19.2. The van der Waals surface area contributed by atoms with Crippen LogP contribution >= 0.6 is 0 Å². The topological polar surface area (TPSA) is 75.3 Å². The summed E-state index contributed by atoms with van der Waals surface area (Å²) in [5.41, 5.74) is 1.25. The fourth-order valence-electron chi connectivity index (χ4n) is 2.26. The monoisotopic (exact) mass is 378 g/mol. The van der Waals surface area contributed by atoms with E-state index < -0.39 is 10.0 Å². The fraction of sp³-hybridized carbons (Fsp3) is 0.316. The van der Waals surface area contributed by atoms with Crippen molar-refractivity contribution >= 4 is 15.9 Å². The van der Waals surface area contributed by atoms with Crippen molar-refractivity contribution in [3.05, 3.63) is 65.5 Å². The first-order valence-electron chi connectivity index (χ1n) is 8.47. The average molecular weight is 378 g/mol. The van der Waals surface area contributed by atoms with Crippen LogP contribution in [0.25, 0.3) is 0 Å². The van der Waals surface area contributed by atoms with Crippen LogP contribution in [0.5, 0.6) is 0 Å². The maximum absolute atomic E-state index is 12.9. The van der Waals surface area contributed by atoms with E-state index in [0.29, 0.717) is 12.0 Å². The Labute approximate surface area is 153 Å². The molecule has 1 unspecified atom stereocenters. The highest BCUT2D eigenvalue weighted by Gasteiger charge is 2.15. The molecular weight excluding hydrogens is 355 g/mol. The molecule has 7 heteroatoms. The van der Waals surface area contributed by atoms with Gasteiger partial charge < -0.3 is 5.32 Å². The summed E-state index contributed by atoms with van der Waals surface area (Å²) in [5, 5.41) is 2.83. The maximum atomic E-state index is 12.9. The van der Waals surface area contributed by atoms with Crippen LogP contribution in [0.15, 0.2) is 53.4 Å². The molecule has 0 aliphatic rings. The van der Waals surface area contributed by atoms with Gasteiger partial charge in [0.2, 0.25) is 10.0 Å². The van der Waals surface area contributed by atoms with E-state index in [-0.39, 0.29) is 29.2 Å². The number of amides is 1. The van der Waals surface area contributed by atoms with Crippen molar-refractivity contribution in [2.24, 2.45) is 0 Å². The smallest absolute Gasteiger partial charge is 0.251 e. The molecule has 1 atom stereocenters. The number of benzene rings is 2. The highest BCUT2D eigenvalue weighted by atomic mass is 32.2. The molecule has 2 aromatic rings. The van der Waals surface area contributed by atoms with E-state index in [0.717, 1.165) is 12.0 Å². The van der Waals surface area contributed by atoms with E-state index in [4.69, 9.17) is 0 Å². The summed E-state index contributed by atoms with van der Waals surface area (Å²) in [7, 11) is -3.66. The number of hydrogen-bond acceptors (Lipinski definition) is 3. The minimum Gasteiger partial charge on any atom is -0.350 e. The fourth-order valence-corrected chi connectivity index (χ4v) is 3.29. The Morgan fingerprint density at radius 3 is 2.27 bits per heavy atom. The second kappa shape index (κ2) is 8.91. The summed E-state index contributed by atoms with van der Waals surface area (Å²) >= 11 is 0. The predicted molar refractivity (Wildman–Crippen MR) is 99.0 cm³/mol. The Morgan fingerprint density at radius 1 is 1.08 bits per heavy atom. The molecule has 0 saturated carbocycles. The van der Waals surface area contributed by atoms with Crippen molar-refractivity contribution in [2.45, 2.75) is 37.6 Å². The average Bonchev–Trinajstić information content (AvgIpc) is 2.63. The van der Waals surface area contributed by atoms with Gasteiger partial charge in [0.05, 0.1) is 4.90 Å². The Kier molecular flexibility index (Phi) is 6.88. The van der Waals surface area contributed by atoms with Gasteiger partial charge in [-0.25, -0.2) is 17.5 Å². The molecule has 0 aromatic heterocycles. The van der Waals surface area contributed by atoms with Gasteiger partial charge in [-0.1, -0.05) is 19.1 Å². The minimum absolute atomic E-state index is 0.0547. The normalized spacial score (nSPS) is 12.6. The van der Waals surface area contributed by atoms with Gasteiger partial charge in [0, 0.05) is 18.2 Å². The predicted octanol–water partition coefficient (Wildman–Crippen LogP) is 2.88.